The average molecular weight is 442 g/mol. The molecule has 1 amide bonds. The van der Waals surface area contributed by atoms with Gasteiger partial charge in [-0.05, 0) is 43.2 Å². The number of benzene rings is 2. The summed E-state index contributed by atoms with van der Waals surface area (Å²) in [5.74, 6) is 1.43. The van der Waals surface area contributed by atoms with Gasteiger partial charge in [0.2, 0.25) is 0 Å². The Morgan fingerprint density at radius 2 is 2.03 bits per heavy atom. The zero-order valence-corrected chi connectivity index (χ0v) is 18.5. The highest BCUT2D eigenvalue weighted by molar-refractivity contribution is 6.32. The first kappa shape index (κ1) is 21.7. The summed E-state index contributed by atoms with van der Waals surface area (Å²) in [5.41, 5.74) is 5.14. The van der Waals surface area contributed by atoms with Crippen LogP contribution in [0, 0.1) is 5.92 Å². The molecule has 1 saturated heterocycles. The summed E-state index contributed by atoms with van der Waals surface area (Å²) in [6, 6.07) is 13.1. The van der Waals surface area contributed by atoms with E-state index in [1.54, 1.807) is 37.4 Å². The number of halogens is 1. The molecule has 31 heavy (non-hydrogen) atoms. The fraction of sp³-hybridized carbons (Fsp3) is 0.417. The van der Waals surface area contributed by atoms with Gasteiger partial charge in [0.1, 0.15) is 18.1 Å². The number of ether oxygens (including phenoxy) is 2. The Morgan fingerprint density at radius 1 is 1.19 bits per heavy atom. The molecular formula is C24H28ClN3O3. The average Bonchev–Trinajstić information content (AvgIpc) is 2.81. The van der Waals surface area contributed by atoms with Crippen molar-refractivity contribution < 1.29 is 14.3 Å². The number of carbonyl (C=O) groups is 1. The Hall–Kier alpha value is -2.57. The lowest BCUT2D eigenvalue weighted by Crippen LogP contribution is -2.48. The van der Waals surface area contributed by atoms with E-state index in [1.165, 1.54) is 19.3 Å². The lowest BCUT2D eigenvalue weighted by Gasteiger charge is -2.37. The molecule has 0 bridgehead atoms. The molecule has 2 fully saturated rings. The van der Waals surface area contributed by atoms with E-state index < -0.39 is 0 Å². The van der Waals surface area contributed by atoms with Crippen molar-refractivity contribution in [3.05, 3.63) is 58.6 Å². The summed E-state index contributed by atoms with van der Waals surface area (Å²) in [7, 11) is 1.59. The maximum Gasteiger partial charge on any atom is 0.271 e. The van der Waals surface area contributed by atoms with Gasteiger partial charge in [-0.1, -0.05) is 36.6 Å². The quantitative estimate of drug-likeness (QED) is 0.644. The lowest BCUT2D eigenvalue weighted by atomic mass is 9.78. The molecule has 2 N–H and O–H groups in total. The van der Waals surface area contributed by atoms with Crippen molar-refractivity contribution in [2.45, 2.75) is 44.8 Å². The van der Waals surface area contributed by atoms with E-state index in [9.17, 15) is 4.79 Å². The van der Waals surface area contributed by atoms with Gasteiger partial charge in [-0.25, -0.2) is 5.43 Å². The van der Waals surface area contributed by atoms with E-state index in [1.807, 2.05) is 12.1 Å². The summed E-state index contributed by atoms with van der Waals surface area (Å²) in [4.78, 5) is 12.8. The van der Waals surface area contributed by atoms with Crippen molar-refractivity contribution in [1.82, 2.24) is 10.7 Å². The first-order valence-electron chi connectivity index (χ1n) is 10.8. The number of fused-ring (bicyclic) bond motifs is 1. The second-order valence-electron chi connectivity index (χ2n) is 7.99. The van der Waals surface area contributed by atoms with Gasteiger partial charge in [-0.3, -0.25) is 4.79 Å². The number of rotatable bonds is 6. The third-order valence-electron chi connectivity index (χ3n) is 6.05. The van der Waals surface area contributed by atoms with Gasteiger partial charge in [0.05, 0.1) is 12.1 Å². The van der Waals surface area contributed by atoms with Crippen LogP contribution in [0.3, 0.4) is 0 Å². The van der Waals surface area contributed by atoms with Crippen LogP contribution in [0.25, 0.3) is 0 Å². The highest BCUT2D eigenvalue weighted by Gasteiger charge is 2.32. The minimum absolute atomic E-state index is 0.234. The minimum Gasteiger partial charge on any atom is -0.496 e. The number of methoxy groups -OCH3 is 1. The van der Waals surface area contributed by atoms with E-state index in [0.717, 1.165) is 30.7 Å². The van der Waals surface area contributed by atoms with Gasteiger partial charge in [0.15, 0.2) is 0 Å². The number of hydrogen-bond donors (Lipinski definition) is 2. The van der Waals surface area contributed by atoms with Gasteiger partial charge in [0.25, 0.3) is 5.91 Å². The third-order valence-corrected chi connectivity index (χ3v) is 6.36. The molecule has 1 aliphatic heterocycles. The molecular weight excluding hydrogens is 414 g/mol. The molecule has 1 aliphatic carbocycles. The molecule has 2 aromatic carbocycles. The molecule has 6 nitrogen and oxygen atoms in total. The van der Waals surface area contributed by atoms with Gasteiger partial charge in [-0.2, -0.15) is 5.10 Å². The van der Waals surface area contributed by atoms with Crippen LogP contribution in [0.5, 0.6) is 11.5 Å². The smallest absolute Gasteiger partial charge is 0.271 e. The number of hydrazone groups is 1. The van der Waals surface area contributed by atoms with Crippen molar-refractivity contribution in [3.63, 3.8) is 0 Å². The van der Waals surface area contributed by atoms with Crippen LogP contribution in [0.15, 0.2) is 47.6 Å². The lowest BCUT2D eigenvalue weighted by molar-refractivity contribution is 0.0954. The molecule has 4 rings (SSSR count). The van der Waals surface area contributed by atoms with Gasteiger partial charge >= 0.3 is 0 Å². The number of carbonyl (C=O) groups excluding carboxylic acids is 1. The van der Waals surface area contributed by atoms with Crippen molar-refractivity contribution in [3.8, 4) is 11.5 Å². The summed E-state index contributed by atoms with van der Waals surface area (Å²) in [5, 5.41) is 8.65. The highest BCUT2D eigenvalue weighted by Crippen LogP contribution is 2.29. The Morgan fingerprint density at radius 3 is 2.87 bits per heavy atom. The molecule has 0 aromatic heterocycles. The molecule has 164 valence electrons. The molecule has 0 spiro atoms. The van der Waals surface area contributed by atoms with Crippen LogP contribution >= 0.6 is 11.6 Å². The Kier molecular flexibility index (Phi) is 7.10. The predicted molar refractivity (Wildman–Crippen MR) is 122 cm³/mol. The minimum atomic E-state index is -0.236. The van der Waals surface area contributed by atoms with Gasteiger partial charge < -0.3 is 14.8 Å². The first-order chi connectivity index (χ1) is 15.2. The number of para-hydroxylation sites is 1. The topological polar surface area (TPSA) is 72.0 Å². The van der Waals surface area contributed by atoms with Crippen molar-refractivity contribution >= 4 is 23.2 Å². The van der Waals surface area contributed by atoms with Crippen molar-refractivity contribution in [2.75, 3.05) is 13.7 Å². The number of piperidine rings is 1. The van der Waals surface area contributed by atoms with Crippen LogP contribution in [-0.4, -0.2) is 31.3 Å². The highest BCUT2D eigenvalue weighted by atomic mass is 35.5. The normalized spacial score (nSPS) is 21.9. The van der Waals surface area contributed by atoms with Crippen LogP contribution < -0.4 is 20.2 Å². The zero-order chi connectivity index (χ0) is 21.6. The molecule has 0 radical (unpaired) electrons. The Bertz CT molecular complexity index is 961. The number of nitrogens with zero attached hydrogens (tertiary/aromatic N) is 1. The summed E-state index contributed by atoms with van der Waals surface area (Å²) in [6.07, 6.45) is 5.69. The van der Waals surface area contributed by atoms with Gasteiger partial charge in [0, 0.05) is 41.8 Å². The maximum atomic E-state index is 12.8. The molecule has 2 atom stereocenters. The summed E-state index contributed by atoms with van der Waals surface area (Å²) >= 11 is 6.17. The fourth-order valence-corrected chi connectivity index (χ4v) is 4.61. The van der Waals surface area contributed by atoms with E-state index in [2.05, 4.69) is 15.8 Å². The van der Waals surface area contributed by atoms with Crippen molar-refractivity contribution in [1.29, 1.82) is 0 Å². The second kappa shape index (κ2) is 10.2. The van der Waals surface area contributed by atoms with E-state index in [0.29, 0.717) is 34.0 Å². The van der Waals surface area contributed by atoms with Crippen LogP contribution in [-0.2, 0) is 6.61 Å². The van der Waals surface area contributed by atoms with Crippen LogP contribution in [0.4, 0.5) is 0 Å². The van der Waals surface area contributed by atoms with E-state index >= 15 is 0 Å². The molecule has 1 heterocycles. The monoisotopic (exact) mass is 441 g/mol. The van der Waals surface area contributed by atoms with Gasteiger partial charge in [-0.15, -0.1) is 0 Å². The van der Waals surface area contributed by atoms with Crippen LogP contribution in [0.2, 0.25) is 5.02 Å². The van der Waals surface area contributed by atoms with E-state index in [4.69, 9.17) is 21.1 Å². The molecule has 2 aliphatic rings. The SMILES string of the molecule is COc1ccc(C(=O)N/N=C2/CCN[C@@H]3CCCC[C@H]23)cc1COc1ccccc1Cl. The number of nitrogens with one attached hydrogen (secondary N) is 2. The second-order valence-corrected chi connectivity index (χ2v) is 8.40. The largest absolute Gasteiger partial charge is 0.496 e. The molecule has 2 aromatic rings. The first-order valence-corrected chi connectivity index (χ1v) is 11.2. The maximum absolute atomic E-state index is 12.8. The molecule has 7 heteroatoms. The molecule has 1 saturated carbocycles. The fourth-order valence-electron chi connectivity index (χ4n) is 4.42. The number of amides is 1. The summed E-state index contributed by atoms with van der Waals surface area (Å²) in [6.45, 7) is 1.15. The number of hydrogen-bond acceptors (Lipinski definition) is 5. The Balaban J connectivity index is 1.45. The third kappa shape index (κ3) is 5.20. The zero-order valence-electron chi connectivity index (χ0n) is 17.7. The standard InChI is InChI=1S/C24H28ClN3O3/c1-30-22-11-10-16(14-17(22)15-31-23-9-5-3-7-19(23)25)24(29)28-27-21-12-13-26-20-8-4-2-6-18(20)21/h3,5,7,9-11,14,18,20,26H,2,4,6,8,12-13,15H2,1H3,(H,28,29)/b27-21-/t18-,20+/m0/s1. The predicted octanol–water partition coefficient (Wildman–Crippen LogP) is 4.57. The van der Waals surface area contributed by atoms with Crippen LogP contribution in [0.1, 0.15) is 48.0 Å². The van der Waals surface area contributed by atoms with E-state index in [-0.39, 0.29) is 12.5 Å². The summed E-state index contributed by atoms with van der Waals surface area (Å²) < 4.78 is 11.3. The Labute approximate surface area is 188 Å². The molecule has 0 unspecified atom stereocenters. The van der Waals surface area contributed by atoms with Crippen molar-refractivity contribution in [2.24, 2.45) is 11.0 Å².